The summed E-state index contributed by atoms with van der Waals surface area (Å²) in [5.74, 6) is -0.536. The zero-order valence-electron chi connectivity index (χ0n) is 17.2. The van der Waals surface area contributed by atoms with Crippen LogP contribution in [0, 0.1) is 0 Å². The Morgan fingerprint density at radius 1 is 1.00 bits per heavy atom. The van der Waals surface area contributed by atoms with Gasteiger partial charge in [-0.25, -0.2) is 13.1 Å². The Bertz CT molecular complexity index is 1120. The summed E-state index contributed by atoms with van der Waals surface area (Å²) in [7, 11) is -0.0198. The lowest BCUT2D eigenvalue weighted by molar-refractivity contribution is -0.115. The van der Waals surface area contributed by atoms with Crippen LogP contribution in [0.4, 0.5) is 5.69 Å². The Labute approximate surface area is 185 Å². The van der Waals surface area contributed by atoms with Crippen molar-refractivity contribution in [1.82, 2.24) is 4.72 Å². The quantitative estimate of drug-likeness (QED) is 0.571. The van der Waals surface area contributed by atoms with Crippen LogP contribution in [0.25, 0.3) is 0 Å². The Morgan fingerprint density at radius 3 is 2.06 bits per heavy atom. The van der Waals surface area contributed by atoms with E-state index in [9.17, 15) is 18.0 Å². The molecule has 0 saturated carbocycles. The topological polar surface area (TPSA) is 120 Å². The van der Waals surface area contributed by atoms with E-state index in [1.54, 1.807) is 0 Å². The lowest BCUT2D eigenvalue weighted by Gasteiger charge is -2.15. The molecule has 0 aliphatic carbocycles. The monoisotopic (exact) mass is 468 g/mol. The average Bonchev–Trinajstić information content (AvgIpc) is 2.72. The fourth-order valence-corrected chi connectivity index (χ4v) is 4.03. The molecule has 0 bridgehead atoms. The summed E-state index contributed by atoms with van der Waals surface area (Å²) in [4.78, 5) is 24.0. The zero-order chi connectivity index (χ0) is 23.3. The Morgan fingerprint density at radius 2 is 1.58 bits per heavy atom. The first-order valence-corrected chi connectivity index (χ1v) is 10.5. The summed E-state index contributed by atoms with van der Waals surface area (Å²) in [5, 5.41) is 2.46. The molecule has 0 unspecified atom stereocenters. The maximum absolute atomic E-state index is 12.7. The normalized spacial score (nSPS) is 10.7. The van der Waals surface area contributed by atoms with Crippen LogP contribution in [0.15, 0.2) is 47.4 Å². The van der Waals surface area contributed by atoms with E-state index in [1.807, 2.05) is 4.72 Å². The minimum Gasteiger partial charge on any atom is -0.493 e. The maximum Gasteiger partial charge on any atom is 0.265 e. The molecule has 31 heavy (non-hydrogen) atoms. The number of halogens is 1. The molecular weight excluding hydrogens is 448 g/mol. The van der Waals surface area contributed by atoms with Crippen LogP contribution in [0.2, 0.25) is 5.02 Å². The SMILES string of the molecule is C=C(C)C(=O)NS(=O)(=O)c1cc(C(=O)Nc2cc(OC)c(OC)c(OC)c2)ccc1Cl. The number of carbonyl (C=O) groups excluding carboxylic acids is 2. The number of benzene rings is 2. The highest BCUT2D eigenvalue weighted by atomic mass is 35.5. The average molecular weight is 469 g/mol. The van der Waals surface area contributed by atoms with Gasteiger partial charge in [0.25, 0.3) is 21.8 Å². The summed E-state index contributed by atoms with van der Waals surface area (Å²) in [6, 6.07) is 6.67. The second-order valence-corrected chi connectivity index (χ2v) is 8.29. The van der Waals surface area contributed by atoms with Gasteiger partial charge >= 0.3 is 0 Å². The van der Waals surface area contributed by atoms with Crippen molar-refractivity contribution in [3.8, 4) is 17.2 Å². The highest BCUT2D eigenvalue weighted by Gasteiger charge is 2.23. The number of sulfonamides is 1. The largest absolute Gasteiger partial charge is 0.493 e. The third kappa shape index (κ3) is 5.47. The van der Waals surface area contributed by atoms with Crippen LogP contribution in [-0.2, 0) is 14.8 Å². The molecule has 0 radical (unpaired) electrons. The van der Waals surface area contributed by atoms with Crippen LogP contribution < -0.4 is 24.2 Å². The number of rotatable bonds is 8. The van der Waals surface area contributed by atoms with Crippen molar-refractivity contribution >= 4 is 39.1 Å². The number of amides is 2. The predicted molar refractivity (Wildman–Crippen MR) is 116 cm³/mol. The number of hydrogen-bond acceptors (Lipinski definition) is 7. The second-order valence-electron chi connectivity index (χ2n) is 6.23. The third-order valence-electron chi connectivity index (χ3n) is 4.02. The lowest BCUT2D eigenvalue weighted by atomic mass is 10.2. The number of anilines is 1. The van der Waals surface area contributed by atoms with E-state index in [2.05, 4.69) is 11.9 Å². The first-order chi connectivity index (χ1) is 14.5. The third-order valence-corrected chi connectivity index (χ3v) is 5.83. The van der Waals surface area contributed by atoms with Crippen LogP contribution in [0.5, 0.6) is 17.2 Å². The van der Waals surface area contributed by atoms with Crippen molar-refractivity contribution in [1.29, 1.82) is 0 Å². The molecule has 0 saturated heterocycles. The standard InChI is InChI=1S/C20H21ClN2O7S/c1-11(2)19(24)23-31(26,27)17-8-12(6-7-14(17)21)20(25)22-13-9-15(28-3)18(30-5)16(10-13)29-4/h6-10H,1H2,2-5H3,(H,22,25)(H,23,24). The zero-order valence-corrected chi connectivity index (χ0v) is 18.8. The molecule has 0 heterocycles. The molecule has 9 nitrogen and oxygen atoms in total. The fraction of sp³-hybridized carbons (Fsp3) is 0.200. The van der Waals surface area contributed by atoms with Gasteiger partial charge in [-0.05, 0) is 25.1 Å². The van der Waals surface area contributed by atoms with Crippen LogP contribution in [0.3, 0.4) is 0 Å². The van der Waals surface area contributed by atoms with E-state index >= 15 is 0 Å². The van der Waals surface area contributed by atoms with Gasteiger partial charge in [-0.1, -0.05) is 18.2 Å². The Hall–Kier alpha value is -3.24. The summed E-state index contributed by atoms with van der Waals surface area (Å²) in [5.41, 5.74) is 0.298. The van der Waals surface area contributed by atoms with E-state index in [0.717, 1.165) is 6.07 Å². The molecule has 2 aromatic rings. The molecule has 2 rings (SSSR count). The fourth-order valence-electron chi connectivity index (χ4n) is 2.47. The molecule has 0 aromatic heterocycles. The second kappa shape index (κ2) is 9.71. The summed E-state index contributed by atoms with van der Waals surface area (Å²) < 4.78 is 42.6. The highest BCUT2D eigenvalue weighted by Crippen LogP contribution is 2.40. The van der Waals surface area contributed by atoms with E-state index in [-0.39, 0.29) is 16.2 Å². The molecule has 0 spiro atoms. The van der Waals surface area contributed by atoms with Gasteiger partial charge in [-0.3, -0.25) is 9.59 Å². The van der Waals surface area contributed by atoms with Crippen LogP contribution in [0.1, 0.15) is 17.3 Å². The Balaban J connectivity index is 2.39. The van der Waals surface area contributed by atoms with E-state index < -0.39 is 26.7 Å². The molecule has 11 heteroatoms. The number of hydrogen-bond donors (Lipinski definition) is 2. The van der Waals surface area contributed by atoms with Gasteiger partial charge in [0.2, 0.25) is 5.75 Å². The first kappa shape index (κ1) is 24.0. The Kier molecular flexibility index (Phi) is 7.53. The van der Waals surface area contributed by atoms with Crippen molar-refractivity contribution in [2.45, 2.75) is 11.8 Å². The molecule has 2 aromatic carbocycles. The van der Waals surface area contributed by atoms with Crippen LogP contribution >= 0.6 is 11.6 Å². The first-order valence-electron chi connectivity index (χ1n) is 8.67. The van der Waals surface area contributed by atoms with Gasteiger partial charge < -0.3 is 19.5 Å². The number of nitrogens with one attached hydrogen (secondary N) is 2. The summed E-state index contributed by atoms with van der Waals surface area (Å²) in [6.45, 7) is 4.74. The van der Waals surface area contributed by atoms with E-state index in [4.69, 9.17) is 25.8 Å². The summed E-state index contributed by atoms with van der Waals surface area (Å²) >= 11 is 5.99. The minimum absolute atomic E-state index is 0.00371. The predicted octanol–water partition coefficient (Wildman–Crippen LogP) is 3.00. The van der Waals surface area contributed by atoms with E-state index in [0.29, 0.717) is 22.9 Å². The van der Waals surface area contributed by atoms with Gasteiger partial charge in [0.15, 0.2) is 11.5 Å². The van der Waals surface area contributed by atoms with Crippen molar-refractivity contribution in [2.75, 3.05) is 26.6 Å². The summed E-state index contributed by atoms with van der Waals surface area (Å²) in [6.07, 6.45) is 0. The van der Waals surface area contributed by atoms with Gasteiger partial charge in [0.1, 0.15) is 4.90 Å². The van der Waals surface area contributed by atoms with Crippen molar-refractivity contribution in [2.24, 2.45) is 0 Å². The number of ether oxygens (including phenoxy) is 3. The highest BCUT2D eigenvalue weighted by molar-refractivity contribution is 7.90. The van der Waals surface area contributed by atoms with Crippen LogP contribution in [-0.4, -0.2) is 41.6 Å². The van der Waals surface area contributed by atoms with Gasteiger partial charge in [0.05, 0.1) is 26.4 Å². The van der Waals surface area contributed by atoms with Crippen molar-refractivity contribution in [3.63, 3.8) is 0 Å². The molecule has 2 amide bonds. The van der Waals surface area contributed by atoms with Gasteiger partial charge in [-0.2, -0.15) is 0 Å². The van der Waals surface area contributed by atoms with Gasteiger partial charge in [-0.15, -0.1) is 0 Å². The molecule has 0 aliphatic heterocycles. The number of methoxy groups -OCH3 is 3. The van der Waals surface area contributed by atoms with Crippen molar-refractivity contribution < 1.29 is 32.2 Å². The molecule has 0 fully saturated rings. The molecule has 2 N–H and O–H groups in total. The molecule has 0 aliphatic rings. The lowest BCUT2D eigenvalue weighted by Crippen LogP contribution is -2.31. The smallest absolute Gasteiger partial charge is 0.265 e. The number of carbonyl (C=O) groups is 2. The molecular formula is C20H21ClN2O7S. The maximum atomic E-state index is 12.7. The minimum atomic E-state index is -4.32. The molecule has 166 valence electrons. The van der Waals surface area contributed by atoms with Gasteiger partial charge in [0, 0.05) is 29.0 Å². The van der Waals surface area contributed by atoms with E-state index in [1.165, 1.54) is 52.5 Å². The molecule has 0 atom stereocenters. The van der Waals surface area contributed by atoms with Crippen molar-refractivity contribution in [3.05, 3.63) is 53.1 Å².